The number of carboxylic acid groups (broad SMARTS) is 1. The van der Waals surface area contributed by atoms with Gasteiger partial charge in [0.1, 0.15) is 5.60 Å². The molecule has 0 saturated carbocycles. The van der Waals surface area contributed by atoms with Crippen molar-refractivity contribution in [3.8, 4) is 0 Å². The smallest absolute Gasteiger partial charge is 0.309 e. The van der Waals surface area contributed by atoms with Crippen LogP contribution in [-0.4, -0.2) is 57.8 Å². The molecule has 2 unspecified atom stereocenters. The SMILES string of the molecule is [2H]C1=C([2H])[C@]([2H])(C([2H])([2H])[2H])[C@]([2H])(C(C)C[C@@](C)(O)C(C)(C)[C@@H](O)C(C)C(=O)O)[C@]2(C)C1=C([2H])[C@H](OC)C(C)(C)[C@]2(C)OC(=O)[C@@H](C)CC(C)C. The molecule has 7 nitrogen and oxygen atoms in total. The number of hydrogen-bond donors (Lipinski definition) is 3. The van der Waals surface area contributed by atoms with Crippen LogP contribution in [0.3, 0.4) is 0 Å². The van der Waals surface area contributed by atoms with Gasteiger partial charge < -0.3 is 24.8 Å². The highest BCUT2D eigenvalue weighted by molar-refractivity contribution is 5.73. The van der Waals surface area contributed by atoms with Crippen LogP contribution in [-0.2, 0) is 19.1 Å². The van der Waals surface area contributed by atoms with Crippen molar-refractivity contribution in [1.29, 1.82) is 0 Å². The number of aliphatic hydroxyl groups is 2. The lowest BCUT2D eigenvalue weighted by molar-refractivity contribution is -0.233. The zero-order chi connectivity index (χ0) is 39.8. The molecular formula is C35H60O7. The lowest BCUT2D eigenvalue weighted by atomic mass is 9.44. The highest BCUT2D eigenvalue weighted by Crippen LogP contribution is 2.65. The maximum atomic E-state index is 14.0. The minimum absolute atomic E-state index is 0.0992. The first-order valence-corrected chi connectivity index (χ1v) is 14.9. The number of aliphatic hydroxyl groups excluding tert-OH is 1. The first kappa shape index (κ1) is 25.6. The number of aliphatic carboxylic acids is 1. The second-order valence-corrected chi connectivity index (χ2v) is 14.7. The number of rotatable bonds is 12. The van der Waals surface area contributed by atoms with Crippen molar-refractivity contribution in [1.82, 2.24) is 0 Å². The Morgan fingerprint density at radius 3 is 2.19 bits per heavy atom. The summed E-state index contributed by atoms with van der Waals surface area (Å²) >= 11 is 0. The molecule has 3 N–H and O–H groups in total. The number of carbonyl (C=O) groups excluding carboxylic acids is 1. The molecule has 2 aliphatic carbocycles. The van der Waals surface area contributed by atoms with E-state index in [0.717, 1.165) is 0 Å². The van der Waals surface area contributed by atoms with Gasteiger partial charge in [-0.25, -0.2) is 0 Å². The van der Waals surface area contributed by atoms with Crippen molar-refractivity contribution in [2.45, 2.75) is 126 Å². The Morgan fingerprint density at radius 1 is 1.14 bits per heavy atom. The highest BCUT2D eigenvalue weighted by atomic mass is 16.6. The fraction of sp³-hybridized carbons (Fsp3) is 0.829. The first-order valence-electron chi connectivity index (χ1n) is 18.9. The lowest BCUT2D eigenvalue weighted by Crippen LogP contribution is -2.68. The van der Waals surface area contributed by atoms with Crippen LogP contribution in [0.2, 0.25) is 0 Å². The summed E-state index contributed by atoms with van der Waals surface area (Å²) in [6, 6.07) is -2.12. The monoisotopic (exact) mass is 600 g/mol. The second-order valence-electron chi connectivity index (χ2n) is 14.7. The molecule has 42 heavy (non-hydrogen) atoms. The maximum absolute atomic E-state index is 14.0. The third-order valence-electron chi connectivity index (χ3n) is 10.7. The van der Waals surface area contributed by atoms with E-state index in [1.807, 2.05) is 13.8 Å². The average Bonchev–Trinajstić information content (AvgIpc) is 2.96. The van der Waals surface area contributed by atoms with Gasteiger partial charge in [-0.05, 0) is 62.8 Å². The normalized spacial score (nSPS) is 40.8. The average molecular weight is 601 g/mol. The molecule has 2 rings (SSSR count). The van der Waals surface area contributed by atoms with E-state index in [4.69, 9.17) is 15.0 Å². The van der Waals surface area contributed by atoms with E-state index in [1.165, 1.54) is 55.6 Å². The van der Waals surface area contributed by atoms with Crippen molar-refractivity contribution in [2.75, 3.05) is 7.11 Å². The molecule has 0 fully saturated rings. The van der Waals surface area contributed by atoms with Crippen LogP contribution in [0, 0.1) is 51.7 Å². The van der Waals surface area contributed by atoms with Crippen LogP contribution in [0.4, 0.5) is 0 Å². The van der Waals surface area contributed by atoms with E-state index in [9.17, 15) is 30.4 Å². The lowest BCUT2D eigenvalue weighted by Gasteiger charge is -2.64. The van der Waals surface area contributed by atoms with Crippen LogP contribution in [0.1, 0.15) is 114 Å². The van der Waals surface area contributed by atoms with Crippen LogP contribution in [0.15, 0.2) is 23.7 Å². The molecule has 0 aromatic rings. The molecule has 0 bridgehead atoms. The molecule has 10 atom stereocenters. The minimum atomic E-state index is -3.43. The molecule has 242 valence electrons. The van der Waals surface area contributed by atoms with E-state index in [-0.39, 0.29) is 17.5 Å². The van der Waals surface area contributed by atoms with Crippen molar-refractivity contribution < 1.29 is 45.3 Å². The number of methoxy groups -OCH3 is 1. The van der Waals surface area contributed by atoms with Gasteiger partial charge in [0.2, 0.25) is 0 Å². The first-order chi connectivity index (χ1) is 22.2. The van der Waals surface area contributed by atoms with E-state index < -0.39 is 107 Å². The van der Waals surface area contributed by atoms with Gasteiger partial charge in [-0.2, -0.15) is 0 Å². The largest absolute Gasteiger partial charge is 0.481 e. The van der Waals surface area contributed by atoms with E-state index in [1.54, 1.807) is 20.8 Å². The van der Waals surface area contributed by atoms with Crippen molar-refractivity contribution in [3.63, 3.8) is 0 Å². The van der Waals surface area contributed by atoms with Crippen LogP contribution < -0.4 is 0 Å². The minimum Gasteiger partial charge on any atom is -0.481 e. The standard InChI is InChI=1S/C35H60O7/c1-20(2)17-22(4)30(39)42-35(13)31(7,8)26(41-14)18-25-16-15-21(3)27(34(25,35)12)23(5)19-33(11,40)32(9,10)28(36)24(6)29(37)38/h15-16,18,20-24,26-28,36,40H,17,19H2,1-14H3,(H,37,38)/t21-,22-,23?,24?,26-,27+,28-,33+,34-,35-/m0/s1/i3D3,15D,16D,18D,21D,27D. The Morgan fingerprint density at radius 2 is 1.71 bits per heavy atom. The Balaban J connectivity index is 3.20. The van der Waals surface area contributed by atoms with Crippen LogP contribution >= 0.6 is 0 Å². The second kappa shape index (κ2) is 12.4. The molecule has 7 heteroatoms. The molecule has 2 aliphatic rings. The number of allylic oxidation sites excluding steroid dienone is 2. The van der Waals surface area contributed by atoms with Gasteiger partial charge in [-0.1, -0.05) is 87.3 Å². The predicted molar refractivity (Wildman–Crippen MR) is 167 cm³/mol. The summed E-state index contributed by atoms with van der Waals surface area (Å²) in [5.74, 6) is -11.2. The maximum Gasteiger partial charge on any atom is 0.309 e. The quantitative estimate of drug-likeness (QED) is 0.215. The topological polar surface area (TPSA) is 113 Å². The number of ether oxygens (including phenoxy) is 2. The molecule has 0 spiro atoms. The van der Waals surface area contributed by atoms with Crippen LogP contribution in [0.5, 0.6) is 0 Å². The summed E-state index contributed by atoms with van der Waals surface area (Å²) in [5.41, 5.74) is -9.43. The summed E-state index contributed by atoms with van der Waals surface area (Å²) in [6.45, 7) is 15.2. The van der Waals surface area contributed by atoms with E-state index in [2.05, 4.69) is 0 Å². The zero-order valence-electron chi connectivity index (χ0n) is 35.9. The molecule has 0 aromatic heterocycles. The van der Waals surface area contributed by atoms with Gasteiger partial charge in [-0.15, -0.1) is 0 Å². The molecule has 0 aliphatic heterocycles. The third kappa shape index (κ3) is 5.99. The van der Waals surface area contributed by atoms with Gasteiger partial charge in [0, 0.05) is 30.2 Å². The Labute approximate surface area is 266 Å². The summed E-state index contributed by atoms with van der Waals surface area (Å²) in [5, 5.41) is 32.9. The van der Waals surface area contributed by atoms with Crippen molar-refractivity contribution >= 4 is 11.9 Å². The summed E-state index contributed by atoms with van der Waals surface area (Å²) in [6.07, 6.45) is -2.83. The molecule has 0 heterocycles. The molecule has 0 amide bonds. The Kier molecular flexibility index (Phi) is 7.54. The molecule has 0 saturated heterocycles. The van der Waals surface area contributed by atoms with E-state index >= 15 is 0 Å². The summed E-state index contributed by atoms with van der Waals surface area (Å²) < 4.78 is 86.3. The fourth-order valence-electron chi connectivity index (χ4n) is 7.06. The number of fused-ring (bicyclic) bond motifs is 1. The molecule has 0 aromatic carbocycles. The van der Waals surface area contributed by atoms with Gasteiger partial charge >= 0.3 is 11.9 Å². The third-order valence-corrected chi connectivity index (χ3v) is 10.7. The summed E-state index contributed by atoms with van der Waals surface area (Å²) in [7, 11) is 1.34. The predicted octanol–water partition coefficient (Wildman–Crippen LogP) is 6.67. The number of carboxylic acids is 1. The molecular weight excluding hydrogens is 532 g/mol. The van der Waals surface area contributed by atoms with Gasteiger partial charge in [-0.3, -0.25) is 9.59 Å². The van der Waals surface area contributed by atoms with Gasteiger partial charge in [0.25, 0.3) is 0 Å². The number of esters is 1. The number of carbonyl (C=O) groups is 2. The van der Waals surface area contributed by atoms with Crippen molar-refractivity contribution in [2.24, 2.45) is 51.7 Å². The van der Waals surface area contributed by atoms with E-state index in [0.29, 0.717) is 6.42 Å². The molecule has 0 radical (unpaired) electrons. The Bertz CT molecular complexity index is 1410. The van der Waals surface area contributed by atoms with Crippen molar-refractivity contribution in [3.05, 3.63) is 23.7 Å². The fourth-order valence-corrected chi connectivity index (χ4v) is 7.06. The van der Waals surface area contributed by atoms with Gasteiger partial charge in [0.05, 0.1) is 33.8 Å². The Hall–Kier alpha value is -1.70. The van der Waals surface area contributed by atoms with Crippen LogP contribution in [0.25, 0.3) is 0 Å². The van der Waals surface area contributed by atoms with Gasteiger partial charge in [0.15, 0.2) is 0 Å². The zero-order valence-corrected chi connectivity index (χ0v) is 27.9. The summed E-state index contributed by atoms with van der Waals surface area (Å²) in [4.78, 5) is 25.8. The highest BCUT2D eigenvalue weighted by Gasteiger charge is 2.67. The number of hydrogen-bond acceptors (Lipinski definition) is 6.